The SMILES string of the molecule is COc1ccccc1-c1noc(CCC(=O)NC2CCC(n3cc(C)cn3)CC2)n1. The second-order valence-corrected chi connectivity index (χ2v) is 7.78. The van der Waals surface area contributed by atoms with E-state index in [1.807, 2.05) is 30.5 Å². The van der Waals surface area contributed by atoms with Crippen LogP contribution in [-0.2, 0) is 11.2 Å². The van der Waals surface area contributed by atoms with Crippen LogP contribution in [-0.4, -0.2) is 39.0 Å². The molecule has 2 heterocycles. The number of methoxy groups -OCH3 is 1. The predicted molar refractivity (Wildman–Crippen MR) is 111 cm³/mol. The van der Waals surface area contributed by atoms with E-state index in [0.717, 1.165) is 31.2 Å². The molecule has 0 atom stereocenters. The van der Waals surface area contributed by atoms with E-state index in [4.69, 9.17) is 9.26 Å². The number of nitrogens with zero attached hydrogens (tertiary/aromatic N) is 4. The normalized spacial score (nSPS) is 18.9. The number of amides is 1. The molecular formula is C22H27N5O3. The summed E-state index contributed by atoms with van der Waals surface area (Å²) in [5.41, 5.74) is 1.95. The largest absolute Gasteiger partial charge is 0.496 e. The summed E-state index contributed by atoms with van der Waals surface area (Å²) < 4.78 is 12.7. The minimum Gasteiger partial charge on any atom is -0.496 e. The first-order valence-corrected chi connectivity index (χ1v) is 10.4. The molecule has 8 heteroatoms. The van der Waals surface area contributed by atoms with Crippen molar-refractivity contribution < 1.29 is 14.1 Å². The molecule has 1 aliphatic carbocycles. The molecule has 0 aliphatic heterocycles. The molecule has 30 heavy (non-hydrogen) atoms. The molecule has 1 aliphatic rings. The number of rotatable bonds is 7. The van der Waals surface area contributed by atoms with Gasteiger partial charge in [-0.05, 0) is 50.3 Å². The summed E-state index contributed by atoms with van der Waals surface area (Å²) in [5.74, 6) is 1.62. The summed E-state index contributed by atoms with van der Waals surface area (Å²) in [6.07, 6.45) is 8.71. The van der Waals surface area contributed by atoms with Gasteiger partial charge < -0.3 is 14.6 Å². The summed E-state index contributed by atoms with van der Waals surface area (Å²) >= 11 is 0. The molecule has 0 spiro atoms. The molecule has 0 unspecified atom stereocenters. The summed E-state index contributed by atoms with van der Waals surface area (Å²) in [4.78, 5) is 16.8. The number of para-hydroxylation sites is 1. The Hall–Kier alpha value is -3.16. The average molecular weight is 409 g/mol. The molecule has 8 nitrogen and oxygen atoms in total. The van der Waals surface area contributed by atoms with Gasteiger partial charge in [-0.2, -0.15) is 10.1 Å². The number of nitrogens with one attached hydrogen (secondary N) is 1. The van der Waals surface area contributed by atoms with E-state index in [0.29, 0.717) is 36.3 Å². The Morgan fingerprint density at radius 1 is 1.27 bits per heavy atom. The van der Waals surface area contributed by atoms with Crippen molar-refractivity contribution in [1.29, 1.82) is 0 Å². The fourth-order valence-corrected chi connectivity index (χ4v) is 3.93. The van der Waals surface area contributed by atoms with E-state index in [1.165, 1.54) is 5.56 Å². The first kappa shape index (κ1) is 20.1. The standard InChI is InChI=1S/C22H27N5O3/c1-15-13-23-27(14-15)17-9-7-16(8-10-17)24-20(28)11-12-21-25-22(26-30-21)18-5-3-4-6-19(18)29-2/h3-6,13-14,16-17H,7-12H2,1-2H3,(H,24,28). The molecule has 1 saturated carbocycles. The Kier molecular flexibility index (Phi) is 6.11. The molecular weight excluding hydrogens is 382 g/mol. The topological polar surface area (TPSA) is 95.1 Å². The minimum atomic E-state index is 0.0189. The van der Waals surface area contributed by atoms with Gasteiger partial charge in [0.15, 0.2) is 0 Å². The maximum atomic E-state index is 12.4. The third kappa shape index (κ3) is 4.69. The number of carbonyl (C=O) groups is 1. The van der Waals surface area contributed by atoms with Crippen LogP contribution in [0.15, 0.2) is 41.2 Å². The second kappa shape index (κ2) is 9.11. The average Bonchev–Trinajstić information content (AvgIpc) is 3.42. The third-order valence-electron chi connectivity index (χ3n) is 5.55. The zero-order valence-corrected chi connectivity index (χ0v) is 17.4. The highest BCUT2D eigenvalue weighted by Gasteiger charge is 2.24. The van der Waals surface area contributed by atoms with E-state index in [9.17, 15) is 4.79 Å². The minimum absolute atomic E-state index is 0.0189. The Bertz CT molecular complexity index is 988. The summed E-state index contributed by atoms with van der Waals surface area (Å²) in [5, 5.41) is 11.6. The number of hydrogen-bond acceptors (Lipinski definition) is 6. The quantitative estimate of drug-likeness (QED) is 0.642. The van der Waals surface area contributed by atoms with Crippen LogP contribution in [0.2, 0.25) is 0 Å². The summed E-state index contributed by atoms with van der Waals surface area (Å²) in [6, 6.07) is 8.15. The fraction of sp³-hybridized carbons (Fsp3) is 0.455. The van der Waals surface area contributed by atoms with Gasteiger partial charge >= 0.3 is 0 Å². The number of aryl methyl sites for hydroxylation is 2. The highest BCUT2D eigenvalue weighted by atomic mass is 16.5. The fourth-order valence-electron chi connectivity index (χ4n) is 3.93. The number of ether oxygens (including phenoxy) is 1. The molecule has 1 N–H and O–H groups in total. The molecule has 1 fully saturated rings. The van der Waals surface area contributed by atoms with Crippen molar-refractivity contribution in [3.63, 3.8) is 0 Å². The summed E-state index contributed by atoms with van der Waals surface area (Å²) in [7, 11) is 1.60. The lowest BCUT2D eigenvalue weighted by Gasteiger charge is -2.29. The van der Waals surface area contributed by atoms with E-state index < -0.39 is 0 Å². The van der Waals surface area contributed by atoms with E-state index in [1.54, 1.807) is 7.11 Å². The van der Waals surface area contributed by atoms with E-state index in [2.05, 4.69) is 38.4 Å². The molecule has 0 bridgehead atoms. The number of hydrogen-bond donors (Lipinski definition) is 1. The molecule has 1 aromatic carbocycles. The van der Waals surface area contributed by atoms with Gasteiger partial charge in [0.05, 0.1) is 24.9 Å². The van der Waals surface area contributed by atoms with Gasteiger partial charge in [0, 0.05) is 25.1 Å². The highest BCUT2D eigenvalue weighted by Crippen LogP contribution is 2.29. The third-order valence-corrected chi connectivity index (χ3v) is 5.55. The molecule has 4 rings (SSSR count). The Balaban J connectivity index is 1.24. The van der Waals surface area contributed by atoms with Crippen LogP contribution in [0.4, 0.5) is 0 Å². The van der Waals surface area contributed by atoms with Crippen LogP contribution in [0, 0.1) is 6.92 Å². The maximum absolute atomic E-state index is 12.4. The number of benzene rings is 1. The van der Waals surface area contributed by atoms with Crippen LogP contribution in [0.1, 0.15) is 49.6 Å². The molecule has 0 saturated heterocycles. The molecule has 0 radical (unpaired) electrons. The van der Waals surface area contributed by atoms with Crippen molar-refractivity contribution in [3.8, 4) is 17.1 Å². The zero-order valence-electron chi connectivity index (χ0n) is 17.4. The van der Waals surface area contributed by atoms with Crippen LogP contribution in [0.25, 0.3) is 11.4 Å². The van der Waals surface area contributed by atoms with Crippen molar-refractivity contribution >= 4 is 5.91 Å². The first-order valence-electron chi connectivity index (χ1n) is 10.4. The van der Waals surface area contributed by atoms with Crippen LogP contribution in [0.5, 0.6) is 5.75 Å². The number of aromatic nitrogens is 4. The monoisotopic (exact) mass is 409 g/mol. The lowest BCUT2D eigenvalue weighted by Crippen LogP contribution is -2.38. The smallest absolute Gasteiger partial charge is 0.227 e. The lowest BCUT2D eigenvalue weighted by molar-refractivity contribution is -0.122. The van der Waals surface area contributed by atoms with Crippen LogP contribution in [0.3, 0.4) is 0 Å². The Labute approximate surface area is 175 Å². The van der Waals surface area contributed by atoms with Crippen molar-refractivity contribution in [3.05, 3.63) is 48.1 Å². The maximum Gasteiger partial charge on any atom is 0.227 e. The lowest BCUT2D eigenvalue weighted by atomic mass is 9.91. The van der Waals surface area contributed by atoms with Crippen molar-refractivity contribution in [2.75, 3.05) is 7.11 Å². The summed E-state index contributed by atoms with van der Waals surface area (Å²) in [6.45, 7) is 2.05. The molecule has 158 valence electrons. The van der Waals surface area contributed by atoms with Gasteiger partial charge in [0.25, 0.3) is 0 Å². The van der Waals surface area contributed by atoms with Gasteiger partial charge in [0.1, 0.15) is 5.75 Å². The van der Waals surface area contributed by atoms with Gasteiger partial charge in [-0.15, -0.1) is 0 Å². The van der Waals surface area contributed by atoms with Gasteiger partial charge in [-0.1, -0.05) is 17.3 Å². The van der Waals surface area contributed by atoms with E-state index >= 15 is 0 Å². The van der Waals surface area contributed by atoms with Crippen molar-refractivity contribution in [2.24, 2.45) is 0 Å². The van der Waals surface area contributed by atoms with Crippen molar-refractivity contribution in [1.82, 2.24) is 25.2 Å². The van der Waals surface area contributed by atoms with Gasteiger partial charge in [0.2, 0.25) is 17.6 Å². The van der Waals surface area contributed by atoms with Gasteiger partial charge in [-0.25, -0.2) is 0 Å². The highest BCUT2D eigenvalue weighted by molar-refractivity contribution is 5.76. The molecule has 2 aromatic heterocycles. The predicted octanol–water partition coefficient (Wildman–Crippen LogP) is 3.48. The van der Waals surface area contributed by atoms with Crippen LogP contribution < -0.4 is 10.1 Å². The zero-order chi connectivity index (χ0) is 20.9. The first-order chi connectivity index (χ1) is 14.6. The van der Waals surface area contributed by atoms with Crippen molar-refractivity contribution in [2.45, 2.75) is 57.5 Å². The second-order valence-electron chi connectivity index (χ2n) is 7.78. The number of carbonyl (C=O) groups excluding carboxylic acids is 1. The Morgan fingerprint density at radius 2 is 2.07 bits per heavy atom. The van der Waals surface area contributed by atoms with Crippen LogP contribution >= 0.6 is 0 Å². The van der Waals surface area contributed by atoms with E-state index in [-0.39, 0.29) is 11.9 Å². The molecule has 3 aromatic rings. The molecule has 1 amide bonds. The van der Waals surface area contributed by atoms with Gasteiger partial charge in [-0.3, -0.25) is 9.48 Å². The Morgan fingerprint density at radius 3 is 2.80 bits per heavy atom.